The van der Waals surface area contributed by atoms with Crippen LogP contribution >= 0.6 is 11.6 Å². The molecule has 0 saturated heterocycles. The Balaban J connectivity index is 1.78. The molecule has 0 spiro atoms. The molecule has 214 valence electrons. The predicted molar refractivity (Wildman–Crippen MR) is 165 cm³/mol. The lowest BCUT2D eigenvalue weighted by molar-refractivity contribution is -0.140. The quantitative estimate of drug-likeness (QED) is 0.252. The summed E-state index contributed by atoms with van der Waals surface area (Å²) in [6, 6.07) is 28.2. The van der Waals surface area contributed by atoms with E-state index >= 15 is 0 Å². The minimum absolute atomic E-state index is 0.0894. The Bertz CT molecular complexity index is 1600. The van der Waals surface area contributed by atoms with Crippen LogP contribution in [0.5, 0.6) is 0 Å². The first kappa shape index (κ1) is 30.1. The monoisotopic (exact) mass is 591 g/mol. The zero-order chi connectivity index (χ0) is 29.6. The van der Waals surface area contributed by atoms with Crippen LogP contribution in [-0.4, -0.2) is 50.0 Å². The van der Waals surface area contributed by atoms with Crippen LogP contribution in [0.3, 0.4) is 0 Å². The number of nitrogens with one attached hydrogen (secondary N) is 1. The molecule has 41 heavy (non-hydrogen) atoms. The van der Waals surface area contributed by atoms with Gasteiger partial charge in [0.2, 0.25) is 21.8 Å². The first-order chi connectivity index (χ1) is 19.5. The smallest absolute Gasteiger partial charge is 0.244 e. The molecule has 4 rings (SSSR count). The molecule has 0 heterocycles. The van der Waals surface area contributed by atoms with Crippen molar-refractivity contribution in [1.29, 1.82) is 0 Å². The van der Waals surface area contributed by atoms with Gasteiger partial charge in [-0.2, -0.15) is 0 Å². The van der Waals surface area contributed by atoms with E-state index in [1.54, 1.807) is 36.4 Å². The van der Waals surface area contributed by atoms with Crippen molar-refractivity contribution >= 4 is 49.9 Å². The second kappa shape index (κ2) is 13.2. The Morgan fingerprint density at radius 1 is 0.829 bits per heavy atom. The second-order valence-electron chi connectivity index (χ2n) is 10.3. The van der Waals surface area contributed by atoms with E-state index in [-0.39, 0.29) is 24.9 Å². The normalized spacial score (nSPS) is 12.2. The minimum atomic E-state index is -3.87. The molecular weight excluding hydrogens is 558 g/mol. The van der Waals surface area contributed by atoms with Crippen molar-refractivity contribution in [3.05, 3.63) is 113 Å². The van der Waals surface area contributed by atoms with Gasteiger partial charge in [0.25, 0.3) is 0 Å². The molecule has 0 saturated carbocycles. The van der Waals surface area contributed by atoms with Crippen molar-refractivity contribution in [3.63, 3.8) is 0 Å². The van der Waals surface area contributed by atoms with Crippen molar-refractivity contribution in [1.82, 2.24) is 10.2 Å². The van der Waals surface area contributed by atoms with Crippen LogP contribution in [0.2, 0.25) is 5.02 Å². The van der Waals surface area contributed by atoms with Crippen LogP contribution in [0.1, 0.15) is 25.0 Å². The van der Waals surface area contributed by atoms with E-state index in [4.69, 9.17) is 11.6 Å². The number of hydrogen-bond acceptors (Lipinski definition) is 4. The average Bonchev–Trinajstić information content (AvgIpc) is 2.94. The number of halogens is 1. The lowest BCUT2D eigenvalue weighted by Gasteiger charge is -2.34. The van der Waals surface area contributed by atoms with Gasteiger partial charge in [0.15, 0.2) is 0 Å². The van der Waals surface area contributed by atoms with Crippen LogP contribution in [0.15, 0.2) is 97.1 Å². The summed E-state index contributed by atoms with van der Waals surface area (Å²) in [6.45, 7) is 3.33. The third kappa shape index (κ3) is 7.86. The molecule has 9 heteroatoms. The molecule has 0 bridgehead atoms. The van der Waals surface area contributed by atoms with Gasteiger partial charge in [0.1, 0.15) is 12.6 Å². The van der Waals surface area contributed by atoms with E-state index in [2.05, 4.69) is 5.32 Å². The molecule has 2 amide bonds. The van der Waals surface area contributed by atoms with Crippen molar-refractivity contribution in [2.75, 3.05) is 17.1 Å². The molecule has 1 atom stereocenters. The van der Waals surface area contributed by atoms with E-state index < -0.39 is 28.5 Å². The lowest BCUT2D eigenvalue weighted by Crippen LogP contribution is -2.54. The van der Waals surface area contributed by atoms with Gasteiger partial charge in [-0.3, -0.25) is 13.9 Å². The van der Waals surface area contributed by atoms with Crippen LogP contribution in [0.25, 0.3) is 10.8 Å². The maximum Gasteiger partial charge on any atom is 0.244 e. The van der Waals surface area contributed by atoms with Gasteiger partial charge >= 0.3 is 0 Å². The Kier molecular flexibility index (Phi) is 9.68. The molecular formula is C32H34ClN3O4S. The van der Waals surface area contributed by atoms with Gasteiger partial charge in [0, 0.05) is 29.4 Å². The predicted octanol–water partition coefficient (Wildman–Crippen LogP) is 5.42. The summed E-state index contributed by atoms with van der Waals surface area (Å²) >= 11 is 6.10. The molecule has 0 aliphatic heterocycles. The molecule has 0 aliphatic carbocycles. The fourth-order valence-corrected chi connectivity index (χ4v) is 5.73. The van der Waals surface area contributed by atoms with Crippen LogP contribution in [0.4, 0.5) is 5.69 Å². The molecule has 0 aliphatic rings. The number of amides is 2. The molecule has 1 unspecified atom stereocenters. The first-order valence-corrected chi connectivity index (χ1v) is 15.6. The number of benzene rings is 4. The van der Waals surface area contributed by atoms with Crippen molar-refractivity contribution in [2.24, 2.45) is 0 Å². The molecule has 0 aromatic heterocycles. The van der Waals surface area contributed by atoms with Crippen LogP contribution < -0.4 is 9.62 Å². The topological polar surface area (TPSA) is 86.8 Å². The third-order valence-electron chi connectivity index (χ3n) is 6.68. The fraction of sp³-hybridized carbons (Fsp3) is 0.250. The summed E-state index contributed by atoms with van der Waals surface area (Å²) in [4.78, 5) is 29.3. The van der Waals surface area contributed by atoms with E-state index in [9.17, 15) is 18.0 Å². The van der Waals surface area contributed by atoms with Gasteiger partial charge < -0.3 is 10.2 Å². The minimum Gasteiger partial charge on any atom is -0.352 e. The summed E-state index contributed by atoms with van der Waals surface area (Å²) in [5, 5.41) is 5.05. The number of sulfonamides is 1. The summed E-state index contributed by atoms with van der Waals surface area (Å²) < 4.78 is 27.4. The second-order valence-corrected chi connectivity index (χ2v) is 12.6. The van der Waals surface area contributed by atoms with E-state index in [0.29, 0.717) is 16.1 Å². The highest BCUT2D eigenvalue weighted by Gasteiger charge is 2.33. The number of carbonyl (C=O) groups excluding carboxylic acids is 2. The Morgan fingerprint density at radius 3 is 2.12 bits per heavy atom. The van der Waals surface area contributed by atoms with Gasteiger partial charge in [-0.1, -0.05) is 90.5 Å². The van der Waals surface area contributed by atoms with Crippen LogP contribution in [0, 0.1) is 0 Å². The fourth-order valence-electron chi connectivity index (χ4n) is 4.74. The SMILES string of the molecule is CC(C)NC(=O)C(Cc1ccccc1)N(Cc1ccc(Cl)cc1)C(=O)CN(c1cccc2ccccc12)S(C)(=O)=O. The largest absolute Gasteiger partial charge is 0.352 e. The third-order valence-corrected chi connectivity index (χ3v) is 8.06. The summed E-state index contributed by atoms with van der Waals surface area (Å²) in [7, 11) is -3.87. The van der Waals surface area contributed by atoms with E-state index in [1.807, 2.05) is 74.5 Å². The summed E-state index contributed by atoms with van der Waals surface area (Å²) in [5.74, 6) is -0.819. The zero-order valence-electron chi connectivity index (χ0n) is 23.3. The average molecular weight is 592 g/mol. The Morgan fingerprint density at radius 2 is 1.46 bits per heavy atom. The maximum absolute atomic E-state index is 14.2. The number of rotatable bonds is 11. The highest BCUT2D eigenvalue weighted by Crippen LogP contribution is 2.29. The van der Waals surface area contributed by atoms with Crippen molar-refractivity contribution in [2.45, 2.75) is 38.9 Å². The summed E-state index contributed by atoms with van der Waals surface area (Å²) in [6.07, 6.45) is 1.34. The summed E-state index contributed by atoms with van der Waals surface area (Å²) in [5.41, 5.74) is 2.03. The molecule has 4 aromatic rings. The van der Waals surface area contributed by atoms with Gasteiger partial charge in [0.05, 0.1) is 11.9 Å². The number of hydrogen-bond donors (Lipinski definition) is 1. The van der Waals surface area contributed by atoms with Crippen molar-refractivity contribution < 1.29 is 18.0 Å². The van der Waals surface area contributed by atoms with E-state index in [0.717, 1.165) is 27.1 Å². The lowest BCUT2D eigenvalue weighted by atomic mass is 10.0. The number of fused-ring (bicyclic) bond motifs is 1. The number of carbonyl (C=O) groups is 2. The zero-order valence-corrected chi connectivity index (χ0v) is 24.9. The van der Waals surface area contributed by atoms with Crippen molar-refractivity contribution in [3.8, 4) is 0 Å². The Labute approximate surface area is 246 Å². The molecule has 7 nitrogen and oxygen atoms in total. The van der Waals surface area contributed by atoms with Gasteiger partial charge in [-0.15, -0.1) is 0 Å². The van der Waals surface area contributed by atoms with Gasteiger partial charge in [-0.05, 0) is 48.6 Å². The highest BCUT2D eigenvalue weighted by atomic mass is 35.5. The maximum atomic E-state index is 14.2. The number of anilines is 1. The molecule has 0 fully saturated rings. The van der Waals surface area contributed by atoms with Gasteiger partial charge in [-0.25, -0.2) is 8.42 Å². The number of nitrogens with zero attached hydrogens (tertiary/aromatic N) is 2. The highest BCUT2D eigenvalue weighted by molar-refractivity contribution is 7.92. The van der Waals surface area contributed by atoms with E-state index in [1.165, 1.54) is 4.90 Å². The van der Waals surface area contributed by atoms with Crippen LogP contribution in [-0.2, 0) is 32.6 Å². The standard InChI is InChI=1S/C32H34ClN3O4S/c1-23(2)34-32(38)30(20-24-10-5-4-6-11-24)35(21-25-16-18-27(33)19-17-25)31(37)22-36(41(3,39)40)29-15-9-13-26-12-7-8-14-28(26)29/h4-19,23,30H,20-22H2,1-3H3,(H,34,38). The Hall–Kier alpha value is -3.88. The first-order valence-electron chi connectivity index (χ1n) is 13.4. The molecule has 4 aromatic carbocycles. The molecule has 1 N–H and O–H groups in total. The molecule has 0 radical (unpaired) electrons.